The third kappa shape index (κ3) is 2.42. The molecule has 2 atom stereocenters. The molecule has 1 saturated carbocycles. The van der Waals surface area contributed by atoms with Gasteiger partial charge in [0.05, 0.1) is 0 Å². The summed E-state index contributed by atoms with van der Waals surface area (Å²) < 4.78 is 0. The van der Waals surface area contributed by atoms with Crippen molar-refractivity contribution in [1.29, 1.82) is 0 Å². The maximum atomic E-state index is 6.08. The second-order valence-corrected chi connectivity index (χ2v) is 6.75. The van der Waals surface area contributed by atoms with Crippen molar-refractivity contribution in [2.24, 2.45) is 0 Å². The Bertz CT molecular complexity index is 484. The Labute approximate surface area is 120 Å². The Balaban J connectivity index is 1.42. The summed E-state index contributed by atoms with van der Waals surface area (Å²) in [6, 6.07) is 8.55. The molecule has 0 bridgehead atoms. The van der Waals surface area contributed by atoms with Gasteiger partial charge < -0.3 is 5.32 Å². The summed E-state index contributed by atoms with van der Waals surface area (Å²) >= 11 is 6.08. The Morgan fingerprint density at radius 1 is 1.16 bits per heavy atom. The normalized spacial score (nSPS) is 30.8. The Hall–Kier alpha value is -0.570. The highest BCUT2D eigenvalue weighted by atomic mass is 35.5. The lowest BCUT2D eigenvalue weighted by atomic mass is 10.1. The second-order valence-electron chi connectivity index (χ2n) is 6.31. The van der Waals surface area contributed by atoms with E-state index in [4.69, 9.17) is 11.6 Å². The number of halogens is 1. The molecule has 0 radical (unpaired) electrons. The zero-order valence-electron chi connectivity index (χ0n) is 11.2. The minimum Gasteiger partial charge on any atom is -0.306 e. The van der Waals surface area contributed by atoms with Gasteiger partial charge in [-0.05, 0) is 55.4 Å². The molecule has 1 saturated heterocycles. The van der Waals surface area contributed by atoms with Crippen LogP contribution in [0.2, 0.25) is 5.02 Å². The van der Waals surface area contributed by atoms with Crippen molar-refractivity contribution < 1.29 is 0 Å². The molecule has 3 aliphatic rings. The summed E-state index contributed by atoms with van der Waals surface area (Å²) in [5.74, 6) is 0. The molecule has 1 heterocycles. The standard InChI is InChI=1S/C16H21ClN2/c17-12-2-5-15-11(9-12)1-6-16(15)18-13-7-8-19(10-13)14-3-4-14/h2,5,9,13-14,16,18H,1,3-4,6-8,10H2. The monoisotopic (exact) mass is 276 g/mol. The van der Waals surface area contributed by atoms with Crippen LogP contribution in [-0.2, 0) is 6.42 Å². The number of nitrogens with zero attached hydrogens (tertiary/aromatic N) is 1. The average Bonchev–Trinajstić information content (AvgIpc) is 3.03. The summed E-state index contributed by atoms with van der Waals surface area (Å²) in [5.41, 5.74) is 2.93. The summed E-state index contributed by atoms with van der Waals surface area (Å²) in [6.07, 6.45) is 6.58. The van der Waals surface area contributed by atoms with Crippen molar-refractivity contribution in [3.05, 3.63) is 34.3 Å². The first-order chi connectivity index (χ1) is 9.29. The SMILES string of the molecule is Clc1ccc2c(c1)CCC2NC1CCN(C2CC2)C1. The van der Waals surface area contributed by atoms with Crippen LogP contribution in [0.3, 0.4) is 0 Å². The molecule has 2 aliphatic carbocycles. The molecule has 1 N–H and O–H groups in total. The lowest BCUT2D eigenvalue weighted by Crippen LogP contribution is -2.35. The molecule has 0 aromatic heterocycles. The van der Waals surface area contributed by atoms with Crippen molar-refractivity contribution in [1.82, 2.24) is 10.2 Å². The number of rotatable bonds is 3. The van der Waals surface area contributed by atoms with Gasteiger partial charge in [-0.25, -0.2) is 0 Å². The highest BCUT2D eigenvalue weighted by molar-refractivity contribution is 6.30. The third-order valence-electron chi connectivity index (χ3n) is 4.90. The van der Waals surface area contributed by atoms with Crippen LogP contribution in [0.5, 0.6) is 0 Å². The molecule has 1 aliphatic heterocycles. The van der Waals surface area contributed by atoms with E-state index in [0.29, 0.717) is 12.1 Å². The molecule has 102 valence electrons. The number of fused-ring (bicyclic) bond motifs is 1. The Kier molecular flexibility index (Phi) is 3.06. The second kappa shape index (κ2) is 4.76. The lowest BCUT2D eigenvalue weighted by Gasteiger charge is -2.20. The van der Waals surface area contributed by atoms with Gasteiger partial charge in [-0.15, -0.1) is 0 Å². The van der Waals surface area contributed by atoms with Crippen LogP contribution < -0.4 is 5.32 Å². The number of hydrogen-bond acceptors (Lipinski definition) is 2. The van der Waals surface area contributed by atoms with Crippen molar-refractivity contribution >= 4 is 11.6 Å². The first-order valence-corrected chi connectivity index (χ1v) is 7.96. The highest BCUT2D eigenvalue weighted by Crippen LogP contribution is 2.35. The predicted molar refractivity (Wildman–Crippen MR) is 78.6 cm³/mol. The number of aryl methyl sites for hydroxylation is 1. The maximum absolute atomic E-state index is 6.08. The van der Waals surface area contributed by atoms with E-state index in [-0.39, 0.29) is 0 Å². The summed E-state index contributed by atoms with van der Waals surface area (Å²) in [7, 11) is 0. The smallest absolute Gasteiger partial charge is 0.0408 e. The molecular weight excluding hydrogens is 256 g/mol. The van der Waals surface area contributed by atoms with E-state index in [9.17, 15) is 0 Å². The van der Waals surface area contributed by atoms with Gasteiger partial charge in [0.15, 0.2) is 0 Å². The minimum atomic E-state index is 0.552. The zero-order chi connectivity index (χ0) is 12.8. The maximum Gasteiger partial charge on any atom is 0.0408 e. The van der Waals surface area contributed by atoms with E-state index in [2.05, 4.69) is 22.3 Å². The Morgan fingerprint density at radius 2 is 2.05 bits per heavy atom. The fourth-order valence-corrected chi connectivity index (χ4v) is 3.93. The van der Waals surface area contributed by atoms with E-state index in [1.807, 2.05) is 6.07 Å². The zero-order valence-corrected chi connectivity index (χ0v) is 12.0. The summed E-state index contributed by atoms with van der Waals surface area (Å²) in [6.45, 7) is 2.55. The topological polar surface area (TPSA) is 15.3 Å². The first-order valence-electron chi connectivity index (χ1n) is 7.58. The third-order valence-corrected chi connectivity index (χ3v) is 5.14. The highest BCUT2D eigenvalue weighted by Gasteiger charge is 2.35. The number of hydrogen-bond donors (Lipinski definition) is 1. The van der Waals surface area contributed by atoms with Gasteiger partial charge in [-0.1, -0.05) is 17.7 Å². The van der Waals surface area contributed by atoms with Gasteiger partial charge in [0.2, 0.25) is 0 Å². The van der Waals surface area contributed by atoms with Crippen LogP contribution in [0.15, 0.2) is 18.2 Å². The summed E-state index contributed by atoms with van der Waals surface area (Å²) in [4.78, 5) is 2.68. The number of likely N-dealkylation sites (tertiary alicyclic amines) is 1. The van der Waals surface area contributed by atoms with Gasteiger partial charge >= 0.3 is 0 Å². The van der Waals surface area contributed by atoms with Gasteiger partial charge in [0, 0.05) is 36.2 Å². The fourth-order valence-electron chi connectivity index (χ4n) is 3.74. The van der Waals surface area contributed by atoms with Gasteiger partial charge in [-0.3, -0.25) is 4.90 Å². The molecule has 2 nitrogen and oxygen atoms in total. The lowest BCUT2D eigenvalue weighted by molar-refractivity contribution is 0.312. The van der Waals surface area contributed by atoms with Crippen LogP contribution in [0.1, 0.15) is 42.9 Å². The van der Waals surface area contributed by atoms with Gasteiger partial charge in [0.25, 0.3) is 0 Å². The largest absolute Gasteiger partial charge is 0.306 e. The molecular formula is C16H21ClN2. The van der Waals surface area contributed by atoms with Crippen molar-refractivity contribution in [3.63, 3.8) is 0 Å². The predicted octanol–water partition coefficient (Wildman–Crippen LogP) is 3.15. The summed E-state index contributed by atoms with van der Waals surface area (Å²) in [5, 5.41) is 4.76. The van der Waals surface area contributed by atoms with Gasteiger partial charge in [0.1, 0.15) is 0 Å². The van der Waals surface area contributed by atoms with Crippen LogP contribution >= 0.6 is 11.6 Å². The quantitative estimate of drug-likeness (QED) is 0.912. The first kappa shape index (κ1) is 12.2. The van der Waals surface area contributed by atoms with E-state index >= 15 is 0 Å². The minimum absolute atomic E-state index is 0.552. The van der Waals surface area contributed by atoms with Crippen molar-refractivity contribution in [3.8, 4) is 0 Å². The van der Waals surface area contributed by atoms with Crippen LogP contribution in [0, 0.1) is 0 Å². The average molecular weight is 277 g/mol. The van der Waals surface area contributed by atoms with Crippen molar-refractivity contribution in [2.45, 2.75) is 50.2 Å². The molecule has 1 aromatic rings. The van der Waals surface area contributed by atoms with E-state index in [0.717, 1.165) is 11.1 Å². The number of nitrogens with one attached hydrogen (secondary N) is 1. The van der Waals surface area contributed by atoms with Crippen molar-refractivity contribution in [2.75, 3.05) is 13.1 Å². The van der Waals surface area contributed by atoms with Crippen LogP contribution in [0.4, 0.5) is 0 Å². The molecule has 0 amide bonds. The molecule has 2 unspecified atom stereocenters. The van der Waals surface area contributed by atoms with Gasteiger partial charge in [-0.2, -0.15) is 0 Å². The van der Waals surface area contributed by atoms with E-state index in [1.165, 1.54) is 56.3 Å². The molecule has 4 rings (SSSR count). The molecule has 19 heavy (non-hydrogen) atoms. The molecule has 3 heteroatoms. The van der Waals surface area contributed by atoms with Crippen LogP contribution in [0.25, 0.3) is 0 Å². The van der Waals surface area contributed by atoms with E-state index in [1.54, 1.807) is 0 Å². The molecule has 1 aromatic carbocycles. The number of benzene rings is 1. The molecule has 2 fully saturated rings. The fraction of sp³-hybridized carbons (Fsp3) is 0.625. The molecule has 0 spiro atoms. The van der Waals surface area contributed by atoms with Crippen LogP contribution in [-0.4, -0.2) is 30.1 Å². The van der Waals surface area contributed by atoms with E-state index < -0.39 is 0 Å². The Morgan fingerprint density at radius 3 is 2.89 bits per heavy atom.